The molecule has 0 spiro atoms. The van der Waals surface area contributed by atoms with Crippen LogP contribution in [0.3, 0.4) is 0 Å². The molecule has 0 aromatic carbocycles. The number of hydrogen-bond donors (Lipinski definition) is 2. The Bertz CT molecular complexity index is 480. The molecule has 0 atom stereocenters. The van der Waals surface area contributed by atoms with Crippen molar-refractivity contribution in [1.29, 1.82) is 0 Å². The zero-order chi connectivity index (χ0) is 17.4. The van der Waals surface area contributed by atoms with Gasteiger partial charge in [0.05, 0.1) is 10.2 Å². The topological polar surface area (TPSA) is 333 Å². The number of nitrogens with two attached hydrogens (primary N) is 2. The van der Waals surface area contributed by atoms with Gasteiger partial charge >= 0.3 is 27.3 Å². The molecule has 26 heavy (non-hydrogen) atoms. The van der Waals surface area contributed by atoms with E-state index in [0.717, 1.165) is 0 Å². The van der Waals surface area contributed by atoms with Gasteiger partial charge in [-0.15, -0.1) is 0 Å². The average molecular weight is 483 g/mol. The number of anilines is 2. The third-order valence-corrected chi connectivity index (χ3v) is 1.17. The van der Waals surface area contributed by atoms with E-state index in [4.69, 9.17) is 42.1 Å². The van der Waals surface area contributed by atoms with Gasteiger partial charge < -0.3 is 58.5 Å². The molecule has 0 radical (unpaired) electrons. The Kier molecular flexibility index (Phi) is 39.7. The van der Waals surface area contributed by atoms with Crippen LogP contribution in [0.5, 0.6) is 0 Å². The molecule has 0 fully saturated rings. The summed E-state index contributed by atoms with van der Waals surface area (Å²) in [4.78, 5) is 31.1. The molecule has 2 rings (SSSR count). The van der Waals surface area contributed by atoms with Crippen molar-refractivity contribution in [1.82, 2.24) is 19.9 Å². The van der Waals surface area contributed by atoms with E-state index >= 15 is 0 Å². The van der Waals surface area contributed by atoms with Crippen molar-refractivity contribution in [2.75, 3.05) is 11.5 Å². The minimum absolute atomic E-state index is 0. The van der Waals surface area contributed by atoms with Crippen LogP contribution >= 0.6 is 0 Å². The quantitative estimate of drug-likeness (QED) is 0.164. The van der Waals surface area contributed by atoms with Gasteiger partial charge in [-0.2, -0.15) is 0 Å². The molecular formula is C8H18CdN8O9+2. The summed E-state index contributed by atoms with van der Waals surface area (Å²) in [5.74, 6) is 0.644. The number of rotatable bonds is 0. The summed E-state index contributed by atoms with van der Waals surface area (Å²) in [5.41, 5.74) is 10.3. The predicted octanol–water partition coefficient (Wildman–Crippen LogP) is -3.03. The van der Waals surface area contributed by atoms with Crippen molar-refractivity contribution in [3.63, 3.8) is 0 Å². The average Bonchev–Trinajstić information content (AvgIpc) is 2.40. The smallest absolute Gasteiger partial charge is 0.457 e. The van der Waals surface area contributed by atoms with Crippen LogP contribution in [0.15, 0.2) is 36.9 Å². The zero-order valence-electron chi connectivity index (χ0n) is 13.1. The first-order valence-electron chi connectivity index (χ1n) is 4.93. The van der Waals surface area contributed by atoms with Crippen molar-refractivity contribution in [3.05, 3.63) is 67.6 Å². The monoisotopic (exact) mass is 484 g/mol. The summed E-state index contributed by atoms with van der Waals surface area (Å²) in [7, 11) is 0. The summed E-state index contributed by atoms with van der Waals surface area (Å²) in [6.45, 7) is 0. The first kappa shape index (κ1) is 38.5. The maximum absolute atomic E-state index is 8.25. The van der Waals surface area contributed by atoms with Crippen LogP contribution in [0, 0.1) is 30.6 Å². The fourth-order valence-corrected chi connectivity index (χ4v) is 0.621. The largest absolute Gasteiger partial charge is 2.00 e. The van der Waals surface area contributed by atoms with E-state index < -0.39 is 10.2 Å². The van der Waals surface area contributed by atoms with Gasteiger partial charge in [-0.05, 0) is 12.1 Å². The molecule has 2 aromatic rings. The summed E-state index contributed by atoms with van der Waals surface area (Å²) < 4.78 is 0. The molecule has 0 aliphatic rings. The van der Waals surface area contributed by atoms with Crippen molar-refractivity contribution in [2.45, 2.75) is 0 Å². The summed E-state index contributed by atoms with van der Waals surface area (Å²) in [5, 5.41) is 29.5. The molecule has 0 saturated heterocycles. The zero-order valence-corrected chi connectivity index (χ0v) is 17.1. The molecule has 2 aromatic heterocycles. The van der Waals surface area contributed by atoms with E-state index in [1.807, 2.05) is 0 Å². The van der Waals surface area contributed by atoms with Crippen molar-refractivity contribution < 1.29 is 53.9 Å². The van der Waals surface area contributed by atoms with Gasteiger partial charge in [0, 0.05) is 24.8 Å². The van der Waals surface area contributed by atoms with E-state index in [1.54, 1.807) is 36.9 Å². The minimum Gasteiger partial charge on any atom is -0.457 e. The van der Waals surface area contributed by atoms with Gasteiger partial charge in [-0.3, -0.25) is 0 Å². The van der Waals surface area contributed by atoms with Gasteiger partial charge in [0.25, 0.3) is 0 Å². The number of aromatic nitrogens is 4. The molecule has 0 aliphatic heterocycles. The fourth-order valence-electron chi connectivity index (χ4n) is 0.621. The molecule has 0 aliphatic carbocycles. The van der Waals surface area contributed by atoms with Gasteiger partial charge in [-0.1, -0.05) is 0 Å². The van der Waals surface area contributed by atoms with Crippen LogP contribution in [-0.4, -0.2) is 35.6 Å². The van der Waals surface area contributed by atoms with Gasteiger partial charge in [0.15, 0.2) is 0 Å². The summed E-state index contributed by atoms with van der Waals surface area (Å²) in [6.07, 6.45) is 6.40. The predicted molar refractivity (Wildman–Crippen MR) is 87.0 cm³/mol. The fraction of sp³-hybridized carbons (Fsp3) is 0. The summed E-state index contributed by atoms with van der Waals surface area (Å²) >= 11 is 0. The molecule has 144 valence electrons. The van der Waals surface area contributed by atoms with E-state index in [2.05, 4.69) is 19.9 Å². The Morgan fingerprint density at radius 1 is 0.692 bits per heavy atom. The van der Waals surface area contributed by atoms with Crippen LogP contribution in [-0.2, 0) is 38.3 Å². The number of hydrogen-bond acceptors (Lipinski definition) is 12. The molecule has 2 heterocycles. The maximum Gasteiger partial charge on any atom is 2.00 e. The van der Waals surface area contributed by atoms with Crippen molar-refractivity contribution in [2.24, 2.45) is 0 Å². The van der Waals surface area contributed by atoms with Crippen LogP contribution in [0.4, 0.5) is 11.9 Å². The van der Waals surface area contributed by atoms with Gasteiger partial charge in [0.2, 0.25) is 11.9 Å². The second-order valence-electron chi connectivity index (χ2n) is 2.66. The van der Waals surface area contributed by atoms with Gasteiger partial charge in [0.1, 0.15) is 0 Å². The second-order valence-corrected chi connectivity index (χ2v) is 2.66. The number of nitrogens with zero attached hydrogens (tertiary/aromatic N) is 6. The van der Waals surface area contributed by atoms with Gasteiger partial charge in [-0.25, -0.2) is 19.9 Å². The second kappa shape index (κ2) is 26.8. The van der Waals surface area contributed by atoms with Crippen LogP contribution in [0.2, 0.25) is 0 Å². The van der Waals surface area contributed by atoms with E-state index in [9.17, 15) is 0 Å². The number of nitrogen functional groups attached to an aromatic ring is 2. The van der Waals surface area contributed by atoms with Crippen LogP contribution < -0.4 is 11.5 Å². The maximum atomic E-state index is 8.25. The Morgan fingerprint density at radius 3 is 0.923 bits per heavy atom. The molecule has 0 saturated carbocycles. The molecule has 0 bridgehead atoms. The third-order valence-electron chi connectivity index (χ3n) is 1.17. The molecule has 18 heteroatoms. The molecule has 12 N–H and O–H groups in total. The minimum atomic E-state index is -1.75. The Hall–Kier alpha value is -3.04. The SMILES string of the molecule is Nc1ncccn1.Nc1ncccn1.O.O=[N+]([O-])[O-].O=[N+]([O-])[O-].[Cd+2].[OH3+].[OH3+]. The van der Waals surface area contributed by atoms with E-state index in [-0.39, 0.29) is 43.7 Å². The molecule has 17 nitrogen and oxygen atoms in total. The molecule has 0 unspecified atom stereocenters. The molecule has 0 amide bonds. The van der Waals surface area contributed by atoms with E-state index in [1.165, 1.54) is 0 Å². The first-order chi connectivity index (χ1) is 10.3. The first-order valence-corrected chi connectivity index (χ1v) is 4.93. The Labute approximate surface area is 165 Å². The standard InChI is InChI=1S/2C4H5N3.Cd.2NO3.3H2O/c2*5-4-6-2-1-3-7-4;;2*2-1(3)4;;;/h2*1-3H,(H2,5,6,7);;;;3*1H2/q;;+2;2*-1;;;/p+2. The summed E-state index contributed by atoms with van der Waals surface area (Å²) in [6, 6.07) is 3.44. The van der Waals surface area contributed by atoms with Crippen LogP contribution in [0.25, 0.3) is 0 Å². The third kappa shape index (κ3) is 49.7. The van der Waals surface area contributed by atoms with Crippen molar-refractivity contribution >= 4 is 11.9 Å². The Balaban J connectivity index is -0.0000000505. The van der Waals surface area contributed by atoms with Crippen molar-refractivity contribution in [3.8, 4) is 0 Å². The Morgan fingerprint density at radius 2 is 0.846 bits per heavy atom. The van der Waals surface area contributed by atoms with E-state index in [0.29, 0.717) is 11.9 Å². The normalized spacial score (nSPS) is 6.46. The van der Waals surface area contributed by atoms with Crippen LogP contribution in [0.1, 0.15) is 0 Å². The molecular weight excluding hydrogens is 465 g/mol.